The van der Waals surface area contributed by atoms with Gasteiger partial charge in [-0.25, -0.2) is 14.8 Å². The number of fused-ring (bicyclic) bond motifs is 1. The molecule has 7 heteroatoms. The Bertz CT molecular complexity index is 633. The van der Waals surface area contributed by atoms with Gasteiger partial charge in [-0.3, -0.25) is 4.98 Å². The van der Waals surface area contributed by atoms with Crippen molar-refractivity contribution >= 4 is 23.0 Å². The minimum atomic E-state index is -0.961. The summed E-state index contributed by atoms with van der Waals surface area (Å²) in [5, 5.41) is 18.8. The fourth-order valence-electron chi connectivity index (χ4n) is 2.31. The molecule has 0 spiro atoms. The average molecular weight is 260 g/mol. The monoisotopic (exact) mass is 260 g/mol. The quantitative estimate of drug-likeness (QED) is 0.786. The Hall–Kier alpha value is -2.28. The Kier molecular flexibility index (Phi) is 2.75. The van der Waals surface area contributed by atoms with Crippen LogP contribution in [0.3, 0.4) is 0 Å². The molecule has 2 aromatic rings. The van der Waals surface area contributed by atoms with Crippen molar-refractivity contribution in [3.05, 3.63) is 24.5 Å². The van der Waals surface area contributed by atoms with Crippen LogP contribution in [0.25, 0.3) is 11.2 Å². The van der Waals surface area contributed by atoms with E-state index >= 15 is 0 Å². The zero-order chi connectivity index (χ0) is 13.4. The van der Waals surface area contributed by atoms with E-state index in [0.717, 1.165) is 0 Å². The molecule has 19 heavy (non-hydrogen) atoms. The summed E-state index contributed by atoms with van der Waals surface area (Å²) < 4.78 is 0. The van der Waals surface area contributed by atoms with Gasteiger partial charge < -0.3 is 15.1 Å². The van der Waals surface area contributed by atoms with E-state index in [1.54, 1.807) is 23.2 Å². The summed E-state index contributed by atoms with van der Waals surface area (Å²) in [4.78, 5) is 25.3. The van der Waals surface area contributed by atoms with Gasteiger partial charge in [0.05, 0.1) is 6.10 Å². The molecule has 3 rings (SSSR count). The van der Waals surface area contributed by atoms with Crippen LogP contribution in [0.5, 0.6) is 0 Å². The minimum Gasteiger partial charge on any atom is -0.480 e. The van der Waals surface area contributed by atoms with Crippen LogP contribution in [0, 0.1) is 0 Å². The van der Waals surface area contributed by atoms with Crippen LogP contribution in [0.15, 0.2) is 24.5 Å². The summed E-state index contributed by atoms with van der Waals surface area (Å²) in [7, 11) is 0. The normalized spacial score (nSPS) is 22.9. The third-order valence-corrected chi connectivity index (χ3v) is 3.18. The zero-order valence-corrected chi connectivity index (χ0v) is 9.97. The van der Waals surface area contributed by atoms with E-state index in [0.29, 0.717) is 17.0 Å². The second kappa shape index (κ2) is 4.43. The van der Waals surface area contributed by atoms with Gasteiger partial charge in [-0.15, -0.1) is 0 Å². The highest BCUT2D eigenvalue weighted by Gasteiger charge is 2.36. The van der Waals surface area contributed by atoms with Crippen molar-refractivity contribution in [1.29, 1.82) is 0 Å². The third kappa shape index (κ3) is 2.08. The Labute approximate surface area is 108 Å². The number of pyridine rings is 1. The maximum Gasteiger partial charge on any atom is 0.326 e. The molecule has 1 saturated heterocycles. The number of carboxylic acid groups (broad SMARTS) is 1. The molecule has 1 aliphatic rings. The number of aliphatic carboxylic acids is 1. The third-order valence-electron chi connectivity index (χ3n) is 3.18. The molecule has 0 aliphatic carbocycles. The Balaban J connectivity index is 2.01. The smallest absolute Gasteiger partial charge is 0.326 e. The molecule has 7 nitrogen and oxygen atoms in total. The van der Waals surface area contributed by atoms with Crippen LogP contribution in [0.4, 0.5) is 5.82 Å². The highest BCUT2D eigenvalue weighted by molar-refractivity contribution is 5.80. The summed E-state index contributed by atoms with van der Waals surface area (Å²) >= 11 is 0. The van der Waals surface area contributed by atoms with Gasteiger partial charge in [-0.05, 0) is 12.1 Å². The fraction of sp³-hybridized carbons (Fsp3) is 0.333. The predicted molar refractivity (Wildman–Crippen MR) is 66.7 cm³/mol. The molecular formula is C12H12N4O3. The van der Waals surface area contributed by atoms with Crippen LogP contribution in [0.1, 0.15) is 6.42 Å². The summed E-state index contributed by atoms with van der Waals surface area (Å²) in [6, 6.07) is 2.69. The molecule has 0 amide bonds. The number of nitrogens with zero attached hydrogens (tertiary/aromatic N) is 4. The van der Waals surface area contributed by atoms with Crippen LogP contribution in [-0.4, -0.2) is 49.8 Å². The first-order valence-electron chi connectivity index (χ1n) is 5.90. The van der Waals surface area contributed by atoms with Crippen LogP contribution in [-0.2, 0) is 4.79 Å². The van der Waals surface area contributed by atoms with E-state index < -0.39 is 18.1 Å². The van der Waals surface area contributed by atoms with Gasteiger partial charge in [0, 0.05) is 25.4 Å². The summed E-state index contributed by atoms with van der Waals surface area (Å²) in [6.07, 6.45) is 2.66. The van der Waals surface area contributed by atoms with Crippen molar-refractivity contribution in [1.82, 2.24) is 15.0 Å². The second-order valence-corrected chi connectivity index (χ2v) is 4.46. The molecule has 0 aromatic carbocycles. The maximum absolute atomic E-state index is 11.2. The second-order valence-electron chi connectivity index (χ2n) is 4.46. The van der Waals surface area contributed by atoms with Gasteiger partial charge in [-0.2, -0.15) is 0 Å². The molecular weight excluding hydrogens is 248 g/mol. The van der Waals surface area contributed by atoms with Crippen molar-refractivity contribution in [2.24, 2.45) is 0 Å². The zero-order valence-electron chi connectivity index (χ0n) is 9.97. The summed E-state index contributed by atoms with van der Waals surface area (Å²) in [5.41, 5.74) is 1.11. The lowest BCUT2D eigenvalue weighted by Gasteiger charge is -2.22. The lowest BCUT2D eigenvalue weighted by molar-refractivity contribution is -0.138. The van der Waals surface area contributed by atoms with Crippen LogP contribution < -0.4 is 4.90 Å². The topological polar surface area (TPSA) is 99.4 Å². The van der Waals surface area contributed by atoms with Gasteiger partial charge in [0.1, 0.15) is 17.4 Å². The molecule has 2 atom stereocenters. The Morgan fingerprint density at radius 3 is 2.89 bits per heavy atom. The molecule has 3 heterocycles. The van der Waals surface area contributed by atoms with E-state index in [-0.39, 0.29) is 13.0 Å². The Morgan fingerprint density at radius 2 is 2.11 bits per heavy atom. The van der Waals surface area contributed by atoms with E-state index in [1.807, 2.05) is 0 Å². The van der Waals surface area contributed by atoms with Gasteiger partial charge in [0.15, 0.2) is 5.65 Å². The molecule has 0 radical (unpaired) electrons. The predicted octanol–water partition coefficient (Wildman–Crippen LogP) is 0.0490. The Morgan fingerprint density at radius 1 is 1.32 bits per heavy atom. The number of hydrogen-bond acceptors (Lipinski definition) is 6. The molecule has 2 aromatic heterocycles. The first-order chi connectivity index (χ1) is 9.15. The van der Waals surface area contributed by atoms with Crippen LogP contribution >= 0.6 is 0 Å². The first kappa shape index (κ1) is 11.8. The molecule has 2 unspecified atom stereocenters. The SMILES string of the molecule is O=C(O)C1CC(O)CN1c1ccc2nccnc2n1. The lowest BCUT2D eigenvalue weighted by Crippen LogP contribution is -2.36. The summed E-state index contributed by atoms with van der Waals surface area (Å²) in [5.74, 6) is -0.463. The molecule has 98 valence electrons. The number of carboxylic acids is 1. The molecule has 0 bridgehead atoms. The molecule has 1 fully saturated rings. The van der Waals surface area contributed by atoms with Crippen molar-refractivity contribution < 1.29 is 15.0 Å². The number of β-amino-alcohol motifs (C(OH)–C–C–N with tert-alkyl or cyclic N) is 1. The van der Waals surface area contributed by atoms with Crippen molar-refractivity contribution in [2.75, 3.05) is 11.4 Å². The average Bonchev–Trinajstić information content (AvgIpc) is 2.80. The van der Waals surface area contributed by atoms with Crippen molar-refractivity contribution in [3.8, 4) is 0 Å². The molecule has 0 saturated carbocycles. The number of anilines is 1. The van der Waals surface area contributed by atoms with E-state index in [1.165, 1.54) is 6.20 Å². The number of carbonyl (C=O) groups is 1. The standard InChI is InChI=1S/C12H12N4O3/c17-7-5-9(12(18)19)16(6-7)10-2-1-8-11(15-10)14-4-3-13-8/h1-4,7,9,17H,5-6H2,(H,18,19). The number of aliphatic hydroxyl groups excluding tert-OH is 1. The number of aliphatic hydroxyl groups is 1. The van der Waals surface area contributed by atoms with Gasteiger partial charge in [-0.1, -0.05) is 0 Å². The van der Waals surface area contributed by atoms with E-state index in [9.17, 15) is 9.90 Å². The van der Waals surface area contributed by atoms with Gasteiger partial charge in [0.25, 0.3) is 0 Å². The lowest BCUT2D eigenvalue weighted by atomic mass is 10.2. The molecule has 1 aliphatic heterocycles. The van der Waals surface area contributed by atoms with E-state index in [4.69, 9.17) is 5.11 Å². The molecule has 2 N–H and O–H groups in total. The fourth-order valence-corrected chi connectivity index (χ4v) is 2.31. The van der Waals surface area contributed by atoms with Crippen molar-refractivity contribution in [2.45, 2.75) is 18.6 Å². The highest BCUT2D eigenvalue weighted by atomic mass is 16.4. The number of hydrogen-bond donors (Lipinski definition) is 2. The van der Waals surface area contributed by atoms with Gasteiger partial charge >= 0.3 is 5.97 Å². The van der Waals surface area contributed by atoms with Crippen molar-refractivity contribution in [3.63, 3.8) is 0 Å². The number of aromatic nitrogens is 3. The largest absolute Gasteiger partial charge is 0.480 e. The van der Waals surface area contributed by atoms with Gasteiger partial charge in [0.2, 0.25) is 0 Å². The summed E-state index contributed by atoms with van der Waals surface area (Å²) in [6.45, 7) is 0.260. The number of rotatable bonds is 2. The highest BCUT2D eigenvalue weighted by Crippen LogP contribution is 2.25. The van der Waals surface area contributed by atoms with Crippen LogP contribution in [0.2, 0.25) is 0 Å². The maximum atomic E-state index is 11.2. The van der Waals surface area contributed by atoms with E-state index in [2.05, 4.69) is 15.0 Å². The minimum absolute atomic E-state index is 0.204. The first-order valence-corrected chi connectivity index (χ1v) is 5.90.